The third-order valence-corrected chi connectivity index (χ3v) is 5.18. The van der Waals surface area contributed by atoms with Gasteiger partial charge in [-0.15, -0.1) is 0 Å². The molecular formula is C17H17ClF2N2O3S. The molecule has 1 atom stereocenters. The molecule has 0 aliphatic heterocycles. The minimum Gasteiger partial charge on any atom is -0.324 e. The zero-order valence-corrected chi connectivity index (χ0v) is 15.8. The van der Waals surface area contributed by atoms with Gasteiger partial charge in [-0.25, -0.2) is 17.2 Å². The zero-order chi connectivity index (χ0) is 19.6. The lowest BCUT2D eigenvalue weighted by Crippen LogP contribution is -2.45. The first-order valence-electron chi connectivity index (χ1n) is 7.52. The van der Waals surface area contributed by atoms with Gasteiger partial charge in [0, 0.05) is 16.8 Å². The van der Waals surface area contributed by atoms with Gasteiger partial charge in [0.2, 0.25) is 15.9 Å². The lowest BCUT2D eigenvalue weighted by atomic mass is 10.2. The molecule has 0 spiro atoms. The van der Waals surface area contributed by atoms with E-state index in [1.807, 2.05) is 0 Å². The fraction of sp³-hybridized carbons (Fsp3) is 0.235. The van der Waals surface area contributed by atoms with Crippen molar-refractivity contribution in [2.24, 2.45) is 0 Å². The van der Waals surface area contributed by atoms with Crippen LogP contribution < -0.4 is 9.62 Å². The number of halogens is 3. The highest BCUT2D eigenvalue weighted by Crippen LogP contribution is 2.25. The summed E-state index contributed by atoms with van der Waals surface area (Å²) in [6, 6.07) is 6.29. The maximum Gasteiger partial charge on any atom is 0.248 e. The van der Waals surface area contributed by atoms with Gasteiger partial charge in [0.05, 0.1) is 11.9 Å². The molecule has 2 aromatic rings. The highest BCUT2D eigenvalue weighted by molar-refractivity contribution is 7.92. The third-order valence-electron chi connectivity index (χ3n) is 3.70. The number of hydrogen-bond donors (Lipinski definition) is 1. The second-order valence-electron chi connectivity index (χ2n) is 5.78. The molecule has 0 aliphatic carbocycles. The van der Waals surface area contributed by atoms with E-state index in [2.05, 4.69) is 5.32 Å². The number of anilines is 2. The van der Waals surface area contributed by atoms with Crippen molar-refractivity contribution in [2.75, 3.05) is 15.9 Å². The number of nitrogens with zero attached hydrogens (tertiary/aromatic N) is 1. The number of sulfonamides is 1. The number of hydrogen-bond acceptors (Lipinski definition) is 3. The number of rotatable bonds is 5. The molecule has 1 N–H and O–H groups in total. The van der Waals surface area contributed by atoms with Crippen LogP contribution >= 0.6 is 11.6 Å². The summed E-state index contributed by atoms with van der Waals surface area (Å²) in [5, 5.41) is 3.00. The molecule has 9 heteroatoms. The Bertz CT molecular complexity index is 951. The number of benzene rings is 2. The summed E-state index contributed by atoms with van der Waals surface area (Å²) < 4.78 is 51.7. The predicted molar refractivity (Wildman–Crippen MR) is 98.0 cm³/mol. The molecule has 1 amide bonds. The standard InChI is InChI=1S/C17H17ClF2N2O3S/c1-10-4-5-12(18)8-16(10)21-17(23)11(2)22(26(3,24)25)13-6-7-14(19)15(20)9-13/h4-9,11H,1-3H3,(H,21,23)/t11-/m1/s1. The summed E-state index contributed by atoms with van der Waals surface area (Å²) in [4.78, 5) is 12.6. The molecule has 0 saturated heterocycles. The fourth-order valence-electron chi connectivity index (χ4n) is 2.40. The topological polar surface area (TPSA) is 66.5 Å². The smallest absolute Gasteiger partial charge is 0.248 e. The highest BCUT2D eigenvalue weighted by Gasteiger charge is 2.30. The Morgan fingerprint density at radius 1 is 1.15 bits per heavy atom. The van der Waals surface area contributed by atoms with Crippen molar-refractivity contribution in [3.63, 3.8) is 0 Å². The van der Waals surface area contributed by atoms with E-state index in [0.717, 1.165) is 34.3 Å². The molecule has 0 aromatic heterocycles. The lowest BCUT2D eigenvalue weighted by molar-refractivity contribution is -0.116. The van der Waals surface area contributed by atoms with Gasteiger partial charge in [-0.3, -0.25) is 9.10 Å². The lowest BCUT2D eigenvalue weighted by Gasteiger charge is -2.28. The average molecular weight is 403 g/mol. The molecule has 0 heterocycles. The van der Waals surface area contributed by atoms with Crippen LogP contribution in [0.5, 0.6) is 0 Å². The van der Waals surface area contributed by atoms with Gasteiger partial charge >= 0.3 is 0 Å². The average Bonchev–Trinajstić information content (AvgIpc) is 2.53. The van der Waals surface area contributed by atoms with Crippen molar-refractivity contribution in [2.45, 2.75) is 19.9 Å². The SMILES string of the molecule is Cc1ccc(Cl)cc1NC(=O)[C@@H](C)N(c1ccc(F)c(F)c1)S(C)(=O)=O. The fourth-order valence-corrected chi connectivity index (χ4v) is 3.74. The zero-order valence-electron chi connectivity index (χ0n) is 14.3. The molecule has 2 rings (SSSR count). The first-order chi connectivity index (χ1) is 12.0. The van der Waals surface area contributed by atoms with Crippen molar-refractivity contribution in [1.82, 2.24) is 0 Å². The van der Waals surface area contributed by atoms with Crippen LogP contribution in [0, 0.1) is 18.6 Å². The molecular weight excluding hydrogens is 386 g/mol. The molecule has 0 fully saturated rings. The van der Waals surface area contributed by atoms with Crippen LogP contribution in [-0.2, 0) is 14.8 Å². The number of carbonyl (C=O) groups is 1. The van der Waals surface area contributed by atoms with E-state index in [-0.39, 0.29) is 5.69 Å². The number of amides is 1. The number of carbonyl (C=O) groups excluding carboxylic acids is 1. The van der Waals surface area contributed by atoms with Gasteiger partial charge in [0.1, 0.15) is 6.04 Å². The van der Waals surface area contributed by atoms with Crippen molar-refractivity contribution >= 4 is 38.9 Å². The Balaban J connectivity index is 2.37. The quantitative estimate of drug-likeness (QED) is 0.828. The Hall–Kier alpha value is -2.19. The summed E-state index contributed by atoms with van der Waals surface area (Å²) in [6.45, 7) is 3.10. The van der Waals surface area contributed by atoms with Crippen molar-refractivity contribution < 1.29 is 22.0 Å². The third kappa shape index (κ3) is 4.50. The van der Waals surface area contributed by atoms with E-state index in [0.29, 0.717) is 10.7 Å². The Morgan fingerprint density at radius 3 is 2.38 bits per heavy atom. The summed E-state index contributed by atoms with van der Waals surface area (Å²) in [7, 11) is -3.95. The minimum atomic E-state index is -3.95. The van der Waals surface area contributed by atoms with E-state index in [9.17, 15) is 22.0 Å². The van der Waals surface area contributed by atoms with Gasteiger partial charge in [-0.2, -0.15) is 0 Å². The molecule has 5 nitrogen and oxygen atoms in total. The second-order valence-corrected chi connectivity index (χ2v) is 8.08. The van der Waals surface area contributed by atoms with Crippen molar-refractivity contribution in [3.05, 3.63) is 58.6 Å². The van der Waals surface area contributed by atoms with Crippen LogP contribution in [0.25, 0.3) is 0 Å². The van der Waals surface area contributed by atoms with Crippen LogP contribution in [0.4, 0.5) is 20.2 Å². The van der Waals surface area contributed by atoms with E-state index < -0.39 is 33.6 Å². The molecule has 0 radical (unpaired) electrons. The van der Waals surface area contributed by atoms with Crippen molar-refractivity contribution in [3.8, 4) is 0 Å². The monoisotopic (exact) mass is 402 g/mol. The first-order valence-corrected chi connectivity index (χ1v) is 9.75. The van der Waals surface area contributed by atoms with E-state index >= 15 is 0 Å². The molecule has 26 heavy (non-hydrogen) atoms. The Labute approximate surface area is 155 Å². The van der Waals surface area contributed by atoms with Gasteiger partial charge in [0.25, 0.3) is 0 Å². The largest absolute Gasteiger partial charge is 0.324 e. The van der Waals surface area contributed by atoms with Crippen molar-refractivity contribution in [1.29, 1.82) is 0 Å². The molecule has 0 bridgehead atoms. The molecule has 0 aliphatic rings. The maximum atomic E-state index is 13.5. The van der Waals surface area contributed by atoms with Crippen LogP contribution in [-0.4, -0.2) is 26.6 Å². The molecule has 140 valence electrons. The van der Waals surface area contributed by atoms with Gasteiger partial charge in [0.15, 0.2) is 11.6 Å². The second kappa shape index (κ2) is 7.59. The molecule has 2 aromatic carbocycles. The summed E-state index contributed by atoms with van der Waals surface area (Å²) in [5.41, 5.74) is 0.999. The van der Waals surface area contributed by atoms with E-state index in [1.54, 1.807) is 19.1 Å². The summed E-state index contributed by atoms with van der Waals surface area (Å²) in [6.07, 6.45) is 0.878. The Morgan fingerprint density at radius 2 is 1.81 bits per heavy atom. The minimum absolute atomic E-state index is 0.156. The first kappa shape index (κ1) is 20.1. The normalized spacial score (nSPS) is 12.5. The predicted octanol–water partition coefficient (Wildman–Crippen LogP) is 3.72. The van der Waals surface area contributed by atoms with Gasteiger partial charge in [-0.1, -0.05) is 17.7 Å². The maximum absolute atomic E-state index is 13.5. The van der Waals surface area contributed by atoms with Crippen LogP contribution in [0.2, 0.25) is 5.02 Å². The Kier molecular flexibility index (Phi) is 5.87. The van der Waals surface area contributed by atoms with Gasteiger partial charge < -0.3 is 5.32 Å². The van der Waals surface area contributed by atoms with Crippen LogP contribution in [0.3, 0.4) is 0 Å². The van der Waals surface area contributed by atoms with Crippen LogP contribution in [0.15, 0.2) is 36.4 Å². The van der Waals surface area contributed by atoms with E-state index in [4.69, 9.17) is 11.6 Å². The highest BCUT2D eigenvalue weighted by atomic mass is 35.5. The molecule has 0 saturated carbocycles. The number of nitrogens with one attached hydrogen (secondary N) is 1. The summed E-state index contributed by atoms with van der Waals surface area (Å²) >= 11 is 5.91. The number of aryl methyl sites for hydroxylation is 1. The van der Waals surface area contributed by atoms with Crippen LogP contribution in [0.1, 0.15) is 12.5 Å². The van der Waals surface area contributed by atoms with E-state index in [1.165, 1.54) is 13.0 Å². The molecule has 0 unspecified atom stereocenters. The summed E-state index contributed by atoms with van der Waals surface area (Å²) in [5.74, 6) is -2.98. The van der Waals surface area contributed by atoms with Gasteiger partial charge in [-0.05, 0) is 43.7 Å².